The fraction of sp³-hybridized carbons (Fsp3) is 0.769. The van der Waals surface area contributed by atoms with Crippen molar-refractivity contribution >= 4 is 11.3 Å². The summed E-state index contributed by atoms with van der Waals surface area (Å²) in [6.45, 7) is 12.8. The minimum absolute atomic E-state index is 0.493. The van der Waals surface area contributed by atoms with Gasteiger partial charge in [0.2, 0.25) is 0 Å². The zero-order valence-electron chi connectivity index (χ0n) is 11.9. The average molecular weight is 255 g/mol. The maximum absolute atomic E-state index is 4.54. The number of thiazole rings is 1. The predicted molar refractivity (Wildman–Crippen MR) is 75.7 cm³/mol. The summed E-state index contributed by atoms with van der Waals surface area (Å²) in [5, 5.41) is 4.73. The monoisotopic (exact) mass is 255 g/mol. The second-order valence-electron chi connectivity index (χ2n) is 5.06. The lowest BCUT2D eigenvalue weighted by molar-refractivity contribution is 0.246. The quantitative estimate of drug-likeness (QED) is 0.847. The zero-order valence-corrected chi connectivity index (χ0v) is 12.7. The van der Waals surface area contributed by atoms with E-state index in [2.05, 4.69) is 56.9 Å². The number of nitrogens with zero attached hydrogens (tertiary/aromatic N) is 2. The van der Waals surface area contributed by atoms with Gasteiger partial charge < -0.3 is 10.2 Å². The van der Waals surface area contributed by atoms with Crippen molar-refractivity contribution in [2.24, 2.45) is 0 Å². The van der Waals surface area contributed by atoms with Gasteiger partial charge >= 0.3 is 0 Å². The highest BCUT2D eigenvalue weighted by Crippen LogP contribution is 2.16. The standard InChI is InChI=1S/C13H25N3S/c1-9(2)16(6)8-10(3)14-7-13-15-11(4)12(5)17-13/h9-10,14H,7-8H2,1-6H3. The Morgan fingerprint density at radius 3 is 2.41 bits per heavy atom. The van der Waals surface area contributed by atoms with Crippen LogP contribution in [0.2, 0.25) is 0 Å². The lowest BCUT2D eigenvalue weighted by atomic mass is 10.2. The smallest absolute Gasteiger partial charge is 0.107 e. The minimum atomic E-state index is 0.493. The van der Waals surface area contributed by atoms with Gasteiger partial charge in [-0.05, 0) is 41.7 Å². The van der Waals surface area contributed by atoms with E-state index in [0.29, 0.717) is 12.1 Å². The molecule has 0 radical (unpaired) electrons. The number of rotatable bonds is 6. The number of nitrogens with one attached hydrogen (secondary N) is 1. The molecule has 0 aromatic carbocycles. The molecule has 0 bridgehead atoms. The maximum atomic E-state index is 4.54. The molecule has 1 aromatic rings. The lowest BCUT2D eigenvalue weighted by Crippen LogP contribution is -2.39. The summed E-state index contributed by atoms with van der Waals surface area (Å²) in [4.78, 5) is 8.22. The molecule has 4 heteroatoms. The first-order valence-corrected chi connectivity index (χ1v) is 7.08. The van der Waals surface area contributed by atoms with Crippen LogP contribution in [0, 0.1) is 13.8 Å². The van der Waals surface area contributed by atoms with Crippen molar-refractivity contribution in [1.29, 1.82) is 0 Å². The Kier molecular flexibility index (Phi) is 5.56. The summed E-state index contributed by atoms with van der Waals surface area (Å²) in [6.07, 6.45) is 0. The second kappa shape index (κ2) is 6.47. The molecule has 1 N–H and O–H groups in total. The van der Waals surface area contributed by atoms with E-state index in [1.54, 1.807) is 11.3 Å². The molecule has 1 rings (SSSR count). The summed E-state index contributed by atoms with van der Waals surface area (Å²) in [6, 6.07) is 1.09. The van der Waals surface area contributed by atoms with Gasteiger partial charge in [0.1, 0.15) is 5.01 Å². The molecule has 0 aliphatic carbocycles. The molecule has 0 fully saturated rings. The van der Waals surface area contributed by atoms with Gasteiger partial charge in [0, 0.05) is 30.1 Å². The minimum Gasteiger partial charge on any atom is -0.307 e. The molecular weight excluding hydrogens is 230 g/mol. The van der Waals surface area contributed by atoms with Crippen LogP contribution in [0.5, 0.6) is 0 Å². The fourth-order valence-corrected chi connectivity index (χ4v) is 2.47. The van der Waals surface area contributed by atoms with Crippen LogP contribution in [0.4, 0.5) is 0 Å². The van der Waals surface area contributed by atoms with Gasteiger partial charge in [-0.2, -0.15) is 0 Å². The molecule has 17 heavy (non-hydrogen) atoms. The number of aromatic nitrogens is 1. The SMILES string of the molecule is Cc1nc(CNC(C)CN(C)C(C)C)sc1C. The summed E-state index contributed by atoms with van der Waals surface area (Å²) in [7, 11) is 2.17. The third kappa shape index (κ3) is 4.74. The Balaban J connectivity index is 2.35. The molecule has 98 valence electrons. The van der Waals surface area contributed by atoms with Crippen LogP contribution in [-0.4, -0.2) is 35.6 Å². The summed E-state index contributed by atoms with van der Waals surface area (Å²) < 4.78 is 0. The largest absolute Gasteiger partial charge is 0.307 e. The fourth-order valence-electron chi connectivity index (χ4n) is 1.58. The molecule has 0 aliphatic rings. The third-order valence-electron chi connectivity index (χ3n) is 3.12. The van der Waals surface area contributed by atoms with Gasteiger partial charge in [0.05, 0.1) is 5.69 Å². The average Bonchev–Trinajstić information content (AvgIpc) is 2.55. The lowest BCUT2D eigenvalue weighted by Gasteiger charge is -2.25. The topological polar surface area (TPSA) is 28.2 Å². The van der Waals surface area contributed by atoms with E-state index >= 15 is 0 Å². The van der Waals surface area contributed by atoms with Crippen LogP contribution in [0.15, 0.2) is 0 Å². The Labute approximate surface area is 109 Å². The Hall–Kier alpha value is -0.450. The summed E-state index contributed by atoms with van der Waals surface area (Å²) in [5.74, 6) is 0. The summed E-state index contributed by atoms with van der Waals surface area (Å²) in [5.41, 5.74) is 1.17. The Bertz CT molecular complexity index is 327. The molecule has 0 saturated carbocycles. The zero-order chi connectivity index (χ0) is 13.0. The second-order valence-corrected chi connectivity index (χ2v) is 6.35. The van der Waals surface area contributed by atoms with Crippen molar-refractivity contribution < 1.29 is 0 Å². The van der Waals surface area contributed by atoms with Gasteiger partial charge in [-0.15, -0.1) is 11.3 Å². The van der Waals surface area contributed by atoms with Crippen molar-refractivity contribution in [2.75, 3.05) is 13.6 Å². The predicted octanol–water partition coefficient (Wildman–Crippen LogP) is 2.58. The molecule has 1 unspecified atom stereocenters. The van der Waals surface area contributed by atoms with Crippen molar-refractivity contribution in [3.63, 3.8) is 0 Å². The number of hydrogen-bond acceptors (Lipinski definition) is 4. The Morgan fingerprint density at radius 2 is 1.94 bits per heavy atom. The first-order valence-electron chi connectivity index (χ1n) is 6.26. The molecule has 0 aliphatic heterocycles. The molecular formula is C13H25N3S. The van der Waals surface area contributed by atoms with E-state index in [1.807, 2.05) is 0 Å². The van der Waals surface area contributed by atoms with Crippen molar-refractivity contribution in [3.8, 4) is 0 Å². The summed E-state index contributed by atoms with van der Waals surface area (Å²) >= 11 is 1.79. The molecule has 1 atom stereocenters. The highest BCUT2D eigenvalue weighted by molar-refractivity contribution is 7.11. The van der Waals surface area contributed by atoms with Crippen molar-refractivity contribution in [2.45, 2.75) is 53.2 Å². The first kappa shape index (κ1) is 14.6. The molecule has 3 nitrogen and oxygen atoms in total. The number of aryl methyl sites for hydroxylation is 2. The van der Waals surface area contributed by atoms with E-state index in [0.717, 1.165) is 13.1 Å². The molecule has 0 saturated heterocycles. The van der Waals surface area contributed by atoms with Crippen molar-refractivity contribution in [1.82, 2.24) is 15.2 Å². The normalized spacial score (nSPS) is 13.6. The first-order chi connectivity index (χ1) is 7.90. The van der Waals surface area contributed by atoms with Crippen LogP contribution >= 0.6 is 11.3 Å². The van der Waals surface area contributed by atoms with E-state index in [-0.39, 0.29) is 0 Å². The van der Waals surface area contributed by atoms with Crippen LogP contribution in [0.25, 0.3) is 0 Å². The molecule has 0 spiro atoms. The van der Waals surface area contributed by atoms with E-state index < -0.39 is 0 Å². The van der Waals surface area contributed by atoms with Crippen molar-refractivity contribution in [3.05, 3.63) is 15.6 Å². The molecule has 1 heterocycles. The molecule has 0 amide bonds. The van der Waals surface area contributed by atoms with Crippen LogP contribution < -0.4 is 5.32 Å². The van der Waals surface area contributed by atoms with Gasteiger partial charge in [-0.1, -0.05) is 0 Å². The third-order valence-corrected chi connectivity index (χ3v) is 4.19. The van der Waals surface area contributed by atoms with E-state index in [1.165, 1.54) is 15.6 Å². The molecule has 1 aromatic heterocycles. The Morgan fingerprint density at radius 1 is 1.29 bits per heavy atom. The van der Waals surface area contributed by atoms with Gasteiger partial charge in [0.25, 0.3) is 0 Å². The highest BCUT2D eigenvalue weighted by atomic mass is 32.1. The van der Waals surface area contributed by atoms with Crippen LogP contribution in [0.3, 0.4) is 0 Å². The van der Waals surface area contributed by atoms with Crippen LogP contribution in [0.1, 0.15) is 36.3 Å². The van der Waals surface area contributed by atoms with Crippen LogP contribution in [-0.2, 0) is 6.54 Å². The number of hydrogen-bond donors (Lipinski definition) is 1. The number of likely N-dealkylation sites (N-methyl/N-ethyl adjacent to an activating group) is 1. The van der Waals surface area contributed by atoms with E-state index in [4.69, 9.17) is 0 Å². The highest BCUT2D eigenvalue weighted by Gasteiger charge is 2.10. The van der Waals surface area contributed by atoms with Gasteiger partial charge in [-0.3, -0.25) is 0 Å². The van der Waals surface area contributed by atoms with Gasteiger partial charge in [0.15, 0.2) is 0 Å². The van der Waals surface area contributed by atoms with Gasteiger partial charge in [-0.25, -0.2) is 4.98 Å². The van der Waals surface area contributed by atoms with E-state index in [9.17, 15) is 0 Å². The maximum Gasteiger partial charge on any atom is 0.107 e.